The van der Waals surface area contributed by atoms with Gasteiger partial charge in [0, 0.05) is 11.6 Å². The standard InChI is InChI=1S/C14H15NO2/c1-14(2,3)13(16)17-11-6-7-12-10(9-11)5-4-8-15-12/h4-9H,1-3H3. The van der Waals surface area contributed by atoms with Crippen molar-refractivity contribution in [2.75, 3.05) is 0 Å². The van der Waals surface area contributed by atoms with Crippen molar-refractivity contribution in [3.8, 4) is 5.75 Å². The molecule has 0 bridgehead atoms. The molecule has 0 saturated heterocycles. The van der Waals surface area contributed by atoms with Crippen molar-refractivity contribution in [3.05, 3.63) is 36.5 Å². The molecule has 88 valence electrons. The van der Waals surface area contributed by atoms with Gasteiger partial charge in [0.2, 0.25) is 0 Å². The number of fused-ring (bicyclic) bond motifs is 1. The number of nitrogens with zero attached hydrogens (tertiary/aromatic N) is 1. The average Bonchev–Trinajstić information content (AvgIpc) is 2.27. The van der Waals surface area contributed by atoms with Crippen LogP contribution in [0.3, 0.4) is 0 Å². The number of esters is 1. The molecule has 1 heterocycles. The highest BCUT2D eigenvalue weighted by Crippen LogP contribution is 2.22. The van der Waals surface area contributed by atoms with Crippen molar-refractivity contribution in [1.82, 2.24) is 4.98 Å². The third-order valence-corrected chi connectivity index (χ3v) is 2.40. The highest BCUT2D eigenvalue weighted by atomic mass is 16.5. The number of pyridine rings is 1. The molecule has 0 fully saturated rings. The molecule has 0 spiro atoms. The first-order valence-corrected chi connectivity index (χ1v) is 5.54. The van der Waals surface area contributed by atoms with E-state index in [1.165, 1.54) is 0 Å². The minimum absolute atomic E-state index is 0.235. The molecule has 0 aliphatic carbocycles. The number of benzene rings is 1. The summed E-state index contributed by atoms with van der Waals surface area (Å²) >= 11 is 0. The first-order chi connectivity index (χ1) is 7.97. The number of aromatic nitrogens is 1. The maximum Gasteiger partial charge on any atom is 0.316 e. The van der Waals surface area contributed by atoms with Gasteiger partial charge >= 0.3 is 5.97 Å². The second kappa shape index (κ2) is 4.17. The van der Waals surface area contributed by atoms with Crippen LogP contribution in [0.1, 0.15) is 20.8 Å². The van der Waals surface area contributed by atoms with Crippen LogP contribution >= 0.6 is 0 Å². The molecule has 0 saturated carbocycles. The van der Waals surface area contributed by atoms with Gasteiger partial charge < -0.3 is 4.74 Å². The fraction of sp³-hybridized carbons (Fsp3) is 0.286. The van der Waals surface area contributed by atoms with Crippen LogP contribution in [0.4, 0.5) is 0 Å². The lowest BCUT2D eigenvalue weighted by Crippen LogP contribution is -2.25. The lowest BCUT2D eigenvalue weighted by Gasteiger charge is -2.16. The van der Waals surface area contributed by atoms with Gasteiger partial charge in [-0.15, -0.1) is 0 Å². The molecule has 2 aromatic rings. The van der Waals surface area contributed by atoms with Gasteiger partial charge in [-0.3, -0.25) is 9.78 Å². The molecular weight excluding hydrogens is 214 g/mol. The Hall–Kier alpha value is -1.90. The summed E-state index contributed by atoms with van der Waals surface area (Å²) in [5.41, 5.74) is 0.396. The quantitative estimate of drug-likeness (QED) is 0.557. The monoisotopic (exact) mass is 229 g/mol. The zero-order chi connectivity index (χ0) is 12.5. The van der Waals surface area contributed by atoms with E-state index in [1.807, 2.05) is 45.0 Å². The van der Waals surface area contributed by atoms with Crippen molar-refractivity contribution >= 4 is 16.9 Å². The summed E-state index contributed by atoms with van der Waals surface area (Å²) < 4.78 is 5.32. The molecule has 3 heteroatoms. The predicted octanol–water partition coefficient (Wildman–Crippen LogP) is 3.19. The van der Waals surface area contributed by atoms with Gasteiger partial charge in [0.1, 0.15) is 5.75 Å². The van der Waals surface area contributed by atoms with E-state index in [-0.39, 0.29) is 5.97 Å². The van der Waals surface area contributed by atoms with Gasteiger partial charge in [0.05, 0.1) is 10.9 Å². The SMILES string of the molecule is CC(C)(C)C(=O)Oc1ccc2ncccc2c1. The van der Waals surface area contributed by atoms with Crippen molar-refractivity contribution in [1.29, 1.82) is 0 Å². The fourth-order valence-electron chi connectivity index (χ4n) is 1.38. The van der Waals surface area contributed by atoms with E-state index in [9.17, 15) is 4.79 Å². The molecule has 0 atom stereocenters. The Kier molecular flexibility index (Phi) is 2.84. The van der Waals surface area contributed by atoms with Crippen molar-refractivity contribution in [2.24, 2.45) is 5.41 Å². The molecule has 0 aliphatic rings. The van der Waals surface area contributed by atoms with Crippen molar-refractivity contribution in [3.63, 3.8) is 0 Å². The molecule has 0 radical (unpaired) electrons. The molecular formula is C14H15NO2. The second-order valence-corrected chi connectivity index (χ2v) is 5.00. The largest absolute Gasteiger partial charge is 0.426 e. The summed E-state index contributed by atoms with van der Waals surface area (Å²) in [6.45, 7) is 5.49. The summed E-state index contributed by atoms with van der Waals surface area (Å²) in [5.74, 6) is 0.325. The second-order valence-electron chi connectivity index (χ2n) is 5.00. The van der Waals surface area contributed by atoms with E-state index >= 15 is 0 Å². The van der Waals surface area contributed by atoms with Crippen molar-refractivity contribution < 1.29 is 9.53 Å². The third-order valence-electron chi connectivity index (χ3n) is 2.40. The first-order valence-electron chi connectivity index (χ1n) is 5.54. The summed E-state index contributed by atoms with van der Waals surface area (Å²) in [6, 6.07) is 9.24. The van der Waals surface area contributed by atoms with Gasteiger partial charge in [-0.2, -0.15) is 0 Å². The molecule has 0 amide bonds. The first kappa shape index (κ1) is 11.6. The van der Waals surface area contributed by atoms with Crippen LogP contribution in [-0.4, -0.2) is 11.0 Å². The number of rotatable bonds is 1. The van der Waals surface area contributed by atoms with Gasteiger partial charge in [-0.1, -0.05) is 6.07 Å². The zero-order valence-corrected chi connectivity index (χ0v) is 10.2. The van der Waals surface area contributed by atoms with E-state index in [0.29, 0.717) is 5.75 Å². The highest BCUT2D eigenvalue weighted by molar-refractivity contribution is 5.82. The molecule has 1 aromatic heterocycles. The number of hydrogen-bond acceptors (Lipinski definition) is 3. The third kappa shape index (κ3) is 2.61. The molecule has 0 unspecified atom stereocenters. The minimum atomic E-state index is -0.496. The Morgan fingerprint density at radius 2 is 2.00 bits per heavy atom. The van der Waals surface area contributed by atoms with Crippen LogP contribution in [0.5, 0.6) is 5.75 Å². The number of carbonyl (C=O) groups is 1. The van der Waals surface area contributed by atoms with Gasteiger partial charge in [0.15, 0.2) is 0 Å². The van der Waals surface area contributed by atoms with Crippen molar-refractivity contribution in [2.45, 2.75) is 20.8 Å². The molecule has 0 aliphatic heterocycles. The predicted molar refractivity (Wildman–Crippen MR) is 66.8 cm³/mol. The van der Waals surface area contributed by atoms with Crippen LogP contribution < -0.4 is 4.74 Å². The van der Waals surface area contributed by atoms with Gasteiger partial charge in [-0.25, -0.2) is 0 Å². The van der Waals surface area contributed by atoms with Crippen LogP contribution in [0, 0.1) is 5.41 Å². The Labute approximate surface area is 100 Å². The summed E-state index contributed by atoms with van der Waals surface area (Å²) in [5, 5.41) is 0.965. The van der Waals surface area contributed by atoms with E-state index in [4.69, 9.17) is 4.74 Å². The van der Waals surface area contributed by atoms with Crippen LogP contribution in [-0.2, 0) is 4.79 Å². The molecule has 3 nitrogen and oxygen atoms in total. The summed E-state index contributed by atoms with van der Waals surface area (Å²) in [7, 11) is 0. The Morgan fingerprint density at radius 3 is 2.71 bits per heavy atom. The maximum absolute atomic E-state index is 11.7. The zero-order valence-electron chi connectivity index (χ0n) is 10.2. The number of hydrogen-bond donors (Lipinski definition) is 0. The van der Waals surface area contributed by atoms with Crippen LogP contribution in [0.2, 0.25) is 0 Å². The number of ether oxygens (including phenoxy) is 1. The van der Waals surface area contributed by atoms with Crippen LogP contribution in [0.15, 0.2) is 36.5 Å². The van der Waals surface area contributed by atoms with E-state index in [0.717, 1.165) is 10.9 Å². The Balaban J connectivity index is 2.29. The minimum Gasteiger partial charge on any atom is -0.426 e. The average molecular weight is 229 g/mol. The van der Waals surface area contributed by atoms with E-state index in [1.54, 1.807) is 12.3 Å². The Morgan fingerprint density at radius 1 is 1.24 bits per heavy atom. The lowest BCUT2D eigenvalue weighted by molar-refractivity contribution is -0.142. The van der Waals surface area contributed by atoms with Gasteiger partial charge in [-0.05, 0) is 45.0 Å². The smallest absolute Gasteiger partial charge is 0.316 e. The van der Waals surface area contributed by atoms with Gasteiger partial charge in [0.25, 0.3) is 0 Å². The topological polar surface area (TPSA) is 39.2 Å². The lowest BCUT2D eigenvalue weighted by atomic mass is 9.97. The maximum atomic E-state index is 11.7. The van der Waals surface area contributed by atoms with E-state index in [2.05, 4.69) is 4.98 Å². The Bertz CT molecular complexity index is 555. The molecule has 1 aromatic carbocycles. The highest BCUT2D eigenvalue weighted by Gasteiger charge is 2.23. The van der Waals surface area contributed by atoms with E-state index < -0.39 is 5.41 Å². The normalized spacial score (nSPS) is 11.5. The molecule has 17 heavy (non-hydrogen) atoms. The number of carbonyl (C=O) groups excluding carboxylic acids is 1. The van der Waals surface area contributed by atoms with Crippen LogP contribution in [0.25, 0.3) is 10.9 Å². The molecule has 2 rings (SSSR count). The summed E-state index contributed by atoms with van der Waals surface area (Å²) in [6.07, 6.45) is 1.74. The molecule has 0 N–H and O–H groups in total. The summed E-state index contributed by atoms with van der Waals surface area (Å²) in [4.78, 5) is 15.9. The fourth-order valence-corrected chi connectivity index (χ4v) is 1.38.